The van der Waals surface area contributed by atoms with E-state index in [0.29, 0.717) is 34.5 Å². The van der Waals surface area contributed by atoms with E-state index in [9.17, 15) is 18.3 Å². The van der Waals surface area contributed by atoms with Gasteiger partial charge in [-0.05, 0) is 81.6 Å². The number of nitrogens with zero attached hydrogens (tertiary/aromatic N) is 1. The number of aryl methyl sites for hydroxylation is 2. The first-order valence-electron chi connectivity index (χ1n) is 10.3. The van der Waals surface area contributed by atoms with Gasteiger partial charge in [0.25, 0.3) is 0 Å². The van der Waals surface area contributed by atoms with Crippen LogP contribution in [0, 0.1) is 27.7 Å². The summed E-state index contributed by atoms with van der Waals surface area (Å²) in [6, 6.07) is 9.51. The lowest BCUT2D eigenvalue weighted by atomic mass is 10.1. The van der Waals surface area contributed by atoms with Gasteiger partial charge in [0, 0.05) is 27.8 Å². The summed E-state index contributed by atoms with van der Waals surface area (Å²) in [5, 5.41) is 10.9. The fourth-order valence-corrected chi connectivity index (χ4v) is 5.92. The second kappa shape index (κ2) is 9.79. The highest BCUT2D eigenvalue weighted by Gasteiger charge is 2.31. The van der Waals surface area contributed by atoms with Crippen molar-refractivity contribution in [2.75, 3.05) is 6.61 Å². The summed E-state index contributed by atoms with van der Waals surface area (Å²) in [6.07, 6.45) is 0.483. The topological polar surface area (TPSA) is 85.6 Å². The van der Waals surface area contributed by atoms with Crippen molar-refractivity contribution in [1.82, 2.24) is 4.57 Å². The molecule has 0 spiro atoms. The maximum atomic E-state index is 13.3. The number of carbonyl (C=O) groups is 1. The molecule has 1 aromatic heterocycles. The van der Waals surface area contributed by atoms with Crippen molar-refractivity contribution in [1.29, 1.82) is 0 Å². The largest absolute Gasteiger partial charge is 0.494 e. The van der Waals surface area contributed by atoms with Gasteiger partial charge in [0.2, 0.25) is 9.84 Å². The Bertz CT molecular complexity index is 1290. The van der Waals surface area contributed by atoms with Crippen molar-refractivity contribution in [2.45, 2.75) is 50.5 Å². The van der Waals surface area contributed by atoms with Crippen LogP contribution in [0.1, 0.15) is 39.3 Å². The number of benzene rings is 2. The summed E-state index contributed by atoms with van der Waals surface area (Å²) in [5.74, 6) is -0.503. The molecule has 9 heteroatoms. The van der Waals surface area contributed by atoms with Crippen molar-refractivity contribution >= 4 is 39.0 Å². The van der Waals surface area contributed by atoms with Crippen molar-refractivity contribution < 1.29 is 23.1 Å². The molecule has 3 aromatic rings. The number of aromatic carboxylic acids is 1. The van der Waals surface area contributed by atoms with Crippen molar-refractivity contribution in [3.8, 4) is 5.75 Å². The van der Waals surface area contributed by atoms with Crippen LogP contribution in [-0.4, -0.2) is 30.7 Å². The Morgan fingerprint density at radius 2 is 1.61 bits per heavy atom. The summed E-state index contributed by atoms with van der Waals surface area (Å²) in [4.78, 5) is 12.1. The molecule has 0 bridgehead atoms. The summed E-state index contributed by atoms with van der Waals surface area (Å²) >= 11 is 12.1. The Hall–Kier alpha value is -2.48. The Labute approximate surface area is 203 Å². The molecule has 0 unspecified atom stereocenters. The quantitative estimate of drug-likeness (QED) is 0.374. The summed E-state index contributed by atoms with van der Waals surface area (Å²) in [5.41, 5.74) is 2.36. The number of aromatic nitrogens is 1. The standard InChI is InChI=1S/C24H25Cl2NO5S/c1-14-12-19(13-15(2)21(14)26)32-11-5-10-27-17(4)23(16(3)22(27)24(28)29)33(30,31)20-8-6-18(25)7-9-20/h6-9,12-13H,5,10-11H2,1-4H3,(H,28,29). The van der Waals surface area contributed by atoms with E-state index in [1.165, 1.54) is 35.8 Å². The van der Waals surface area contributed by atoms with Crippen LogP contribution in [0.25, 0.3) is 0 Å². The van der Waals surface area contributed by atoms with E-state index in [4.69, 9.17) is 27.9 Å². The first kappa shape index (κ1) is 25.1. The Morgan fingerprint density at radius 1 is 1.03 bits per heavy atom. The number of carboxylic acids is 1. The van der Waals surface area contributed by atoms with Gasteiger partial charge in [0.05, 0.1) is 16.4 Å². The average molecular weight is 510 g/mol. The number of hydrogen-bond donors (Lipinski definition) is 1. The molecule has 3 rings (SSSR count). The predicted molar refractivity (Wildman–Crippen MR) is 129 cm³/mol. The number of rotatable bonds is 8. The molecule has 1 N–H and O–H groups in total. The van der Waals surface area contributed by atoms with E-state index >= 15 is 0 Å². The van der Waals surface area contributed by atoms with E-state index in [0.717, 1.165) is 11.1 Å². The molecule has 0 saturated carbocycles. The van der Waals surface area contributed by atoms with E-state index in [1.807, 2.05) is 26.0 Å². The average Bonchev–Trinajstić information content (AvgIpc) is 2.99. The first-order chi connectivity index (χ1) is 15.4. The van der Waals surface area contributed by atoms with Crippen LogP contribution in [0.15, 0.2) is 46.2 Å². The first-order valence-corrected chi connectivity index (χ1v) is 12.5. The zero-order valence-electron chi connectivity index (χ0n) is 18.8. The Balaban J connectivity index is 1.87. The third-order valence-electron chi connectivity index (χ3n) is 5.50. The summed E-state index contributed by atoms with van der Waals surface area (Å²) in [7, 11) is -3.93. The van der Waals surface area contributed by atoms with Gasteiger partial charge in [-0.2, -0.15) is 0 Å². The fraction of sp³-hybridized carbons (Fsp3) is 0.292. The number of halogens is 2. The van der Waals surface area contributed by atoms with E-state index < -0.39 is 15.8 Å². The zero-order valence-corrected chi connectivity index (χ0v) is 21.1. The summed E-state index contributed by atoms with van der Waals surface area (Å²) in [6.45, 7) is 7.55. The molecule has 0 aliphatic rings. The highest BCUT2D eigenvalue weighted by Crippen LogP contribution is 2.32. The van der Waals surface area contributed by atoms with Gasteiger partial charge in [-0.25, -0.2) is 13.2 Å². The van der Waals surface area contributed by atoms with Crippen LogP contribution in [0.4, 0.5) is 0 Å². The lowest BCUT2D eigenvalue weighted by molar-refractivity contribution is 0.0683. The monoisotopic (exact) mass is 509 g/mol. The van der Waals surface area contributed by atoms with Crippen molar-refractivity contribution in [2.24, 2.45) is 0 Å². The highest BCUT2D eigenvalue weighted by molar-refractivity contribution is 7.91. The molecule has 1 heterocycles. The molecule has 0 saturated heterocycles. The maximum Gasteiger partial charge on any atom is 0.352 e. The lowest BCUT2D eigenvalue weighted by Crippen LogP contribution is -2.13. The minimum atomic E-state index is -3.93. The van der Waals surface area contributed by atoms with Crippen LogP contribution >= 0.6 is 23.2 Å². The second-order valence-corrected chi connectivity index (χ2v) is 10.6. The van der Waals surface area contributed by atoms with E-state index in [2.05, 4.69) is 0 Å². The molecule has 0 atom stereocenters. The van der Waals surface area contributed by atoms with Crippen LogP contribution in [0.2, 0.25) is 10.0 Å². The molecule has 2 aromatic carbocycles. The van der Waals surface area contributed by atoms with Crippen molar-refractivity contribution in [3.63, 3.8) is 0 Å². The SMILES string of the molecule is Cc1cc(OCCCn2c(C)c(S(=O)(=O)c3ccc(Cl)cc3)c(C)c2C(=O)O)cc(C)c1Cl. The molecule has 0 fully saturated rings. The van der Waals surface area contributed by atoms with Gasteiger partial charge >= 0.3 is 5.97 Å². The van der Waals surface area contributed by atoms with Crippen LogP contribution in [-0.2, 0) is 16.4 Å². The van der Waals surface area contributed by atoms with Gasteiger partial charge in [0.1, 0.15) is 11.4 Å². The third-order valence-corrected chi connectivity index (χ3v) is 8.38. The molecule has 6 nitrogen and oxygen atoms in total. The molecular weight excluding hydrogens is 485 g/mol. The molecule has 33 heavy (non-hydrogen) atoms. The molecular formula is C24H25Cl2NO5S. The predicted octanol–water partition coefficient (Wildman–Crippen LogP) is 6.03. The number of carboxylic acid groups (broad SMARTS) is 1. The summed E-state index contributed by atoms with van der Waals surface area (Å²) < 4.78 is 33.9. The molecule has 176 valence electrons. The van der Waals surface area contributed by atoms with Gasteiger partial charge in [-0.15, -0.1) is 0 Å². The van der Waals surface area contributed by atoms with Gasteiger partial charge in [0.15, 0.2) is 0 Å². The molecule has 0 aliphatic carbocycles. The minimum absolute atomic E-state index is 0.00657. The molecule has 0 radical (unpaired) electrons. The van der Waals surface area contributed by atoms with E-state index in [1.54, 1.807) is 6.92 Å². The molecule has 0 amide bonds. The van der Waals surface area contributed by atoms with Gasteiger partial charge in [-0.3, -0.25) is 0 Å². The van der Waals surface area contributed by atoms with Gasteiger partial charge < -0.3 is 14.4 Å². The maximum absolute atomic E-state index is 13.3. The van der Waals surface area contributed by atoms with Crippen LogP contribution < -0.4 is 4.74 Å². The third kappa shape index (κ3) is 5.05. The number of hydrogen-bond acceptors (Lipinski definition) is 4. The van der Waals surface area contributed by atoms with E-state index in [-0.39, 0.29) is 27.6 Å². The number of sulfone groups is 1. The smallest absolute Gasteiger partial charge is 0.352 e. The molecule has 0 aliphatic heterocycles. The van der Waals surface area contributed by atoms with Crippen LogP contribution in [0.5, 0.6) is 5.75 Å². The second-order valence-electron chi connectivity index (χ2n) is 7.88. The highest BCUT2D eigenvalue weighted by atomic mass is 35.5. The normalized spacial score (nSPS) is 11.6. The number of ether oxygens (including phenoxy) is 1. The minimum Gasteiger partial charge on any atom is -0.494 e. The Morgan fingerprint density at radius 3 is 2.15 bits per heavy atom. The van der Waals surface area contributed by atoms with Crippen molar-refractivity contribution in [3.05, 3.63) is 74.5 Å². The fourth-order valence-electron chi connectivity index (χ4n) is 3.96. The van der Waals surface area contributed by atoms with Gasteiger partial charge in [-0.1, -0.05) is 23.2 Å². The lowest BCUT2D eigenvalue weighted by Gasteiger charge is -2.12. The van der Waals surface area contributed by atoms with Crippen LogP contribution in [0.3, 0.4) is 0 Å². The Kier molecular flexibility index (Phi) is 7.46. The zero-order chi connectivity index (χ0) is 24.5.